The third kappa shape index (κ3) is 4.25. The van der Waals surface area contributed by atoms with E-state index in [1.54, 1.807) is 47.0 Å². The van der Waals surface area contributed by atoms with E-state index >= 15 is 0 Å². The van der Waals surface area contributed by atoms with E-state index in [2.05, 4.69) is 15.3 Å². The number of halogens is 1. The molecule has 0 aliphatic carbocycles. The zero-order valence-electron chi connectivity index (χ0n) is 18.8. The first-order valence-corrected chi connectivity index (χ1v) is 12.5. The Hall–Kier alpha value is -4.35. The molecule has 0 bridgehead atoms. The van der Waals surface area contributed by atoms with Crippen LogP contribution >= 0.6 is 0 Å². The number of rotatable bonds is 6. The van der Waals surface area contributed by atoms with Gasteiger partial charge in [-0.1, -0.05) is 30.3 Å². The lowest BCUT2D eigenvalue weighted by molar-refractivity contribution is 0.598. The Morgan fingerprint density at radius 2 is 1.64 bits per heavy atom. The fourth-order valence-corrected chi connectivity index (χ4v) is 4.56. The standard InChI is InChI=1S/C25H21FN6O3S/c26-19-7-3-1-5-15(19)13-14-29-21-22-24(30-20-8-4-2-6-18(20)25(33)31-22)32(23(21)27)16-9-11-17(12-10-16)36(28,34)35/h1-12,29H,13-14,27H2,(H2,28,34,35). The number of nitrogens with zero attached hydrogens (tertiary/aromatic N) is 3. The number of hydrogen-bond donors (Lipinski definition) is 3. The molecule has 0 saturated heterocycles. The topological polar surface area (TPSA) is 146 Å². The number of sulfonamides is 1. The maximum absolute atomic E-state index is 14.1. The van der Waals surface area contributed by atoms with Crippen LogP contribution in [0, 0.1) is 5.82 Å². The van der Waals surface area contributed by atoms with Crippen LogP contribution in [0.25, 0.3) is 27.8 Å². The third-order valence-corrected chi connectivity index (χ3v) is 6.74. The lowest BCUT2D eigenvalue weighted by Crippen LogP contribution is -2.12. The molecule has 0 amide bonds. The maximum atomic E-state index is 14.1. The van der Waals surface area contributed by atoms with Gasteiger partial charge in [0.05, 0.1) is 15.8 Å². The summed E-state index contributed by atoms with van der Waals surface area (Å²) in [6, 6.07) is 19.0. The van der Waals surface area contributed by atoms with E-state index in [0.29, 0.717) is 46.5 Å². The van der Waals surface area contributed by atoms with Gasteiger partial charge in [-0.3, -0.25) is 9.36 Å². The smallest absolute Gasteiger partial charge is 0.279 e. The molecule has 9 nitrogen and oxygen atoms in total. The first-order valence-electron chi connectivity index (χ1n) is 11.0. The second-order valence-electron chi connectivity index (χ2n) is 8.12. The largest absolute Gasteiger partial charge is 0.383 e. The van der Waals surface area contributed by atoms with Crippen LogP contribution in [0.2, 0.25) is 0 Å². The number of nitrogens with two attached hydrogens (primary N) is 2. The highest BCUT2D eigenvalue weighted by Crippen LogP contribution is 2.33. The van der Waals surface area contributed by atoms with Crippen molar-refractivity contribution in [1.29, 1.82) is 0 Å². The molecule has 5 rings (SSSR count). The molecule has 0 fully saturated rings. The van der Waals surface area contributed by atoms with E-state index < -0.39 is 15.6 Å². The van der Waals surface area contributed by atoms with Crippen molar-refractivity contribution < 1.29 is 12.8 Å². The molecule has 0 saturated carbocycles. The van der Waals surface area contributed by atoms with E-state index in [0.717, 1.165) is 0 Å². The van der Waals surface area contributed by atoms with Crippen LogP contribution in [0.15, 0.2) is 82.5 Å². The lowest BCUT2D eigenvalue weighted by Gasteiger charge is -2.10. The molecular formula is C25H21FN6O3S. The molecule has 0 aliphatic rings. The van der Waals surface area contributed by atoms with E-state index in [9.17, 15) is 17.6 Å². The molecule has 0 radical (unpaired) electrons. The average Bonchev–Trinajstić information content (AvgIpc) is 3.00. The first-order chi connectivity index (χ1) is 17.2. The van der Waals surface area contributed by atoms with Gasteiger partial charge in [0.1, 0.15) is 22.8 Å². The number of anilines is 2. The highest BCUT2D eigenvalue weighted by Gasteiger charge is 2.20. The Balaban J connectivity index is 1.68. The molecule has 5 aromatic rings. The van der Waals surface area contributed by atoms with Crippen molar-refractivity contribution in [2.24, 2.45) is 5.14 Å². The van der Waals surface area contributed by atoms with Crippen molar-refractivity contribution in [3.05, 3.63) is 94.5 Å². The molecule has 0 atom stereocenters. The summed E-state index contributed by atoms with van der Waals surface area (Å²) in [5.74, 6) is -0.111. The summed E-state index contributed by atoms with van der Waals surface area (Å²) in [6.45, 7) is 0.308. The average molecular weight is 505 g/mol. The van der Waals surface area contributed by atoms with Crippen molar-refractivity contribution in [1.82, 2.24) is 14.5 Å². The second kappa shape index (κ2) is 9.02. The second-order valence-corrected chi connectivity index (χ2v) is 9.68. The molecular weight excluding hydrogens is 483 g/mol. The number of nitrogens with one attached hydrogen (secondary N) is 1. The summed E-state index contributed by atoms with van der Waals surface area (Å²) in [6.07, 6.45) is 0.362. The predicted octanol–water partition coefficient (Wildman–Crippen LogP) is 2.96. The van der Waals surface area contributed by atoms with Gasteiger partial charge < -0.3 is 11.1 Å². The number of nitrogen functional groups attached to an aromatic ring is 1. The lowest BCUT2D eigenvalue weighted by atomic mass is 10.1. The molecule has 3 aromatic carbocycles. The monoisotopic (exact) mass is 504 g/mol. The number of aromatic nitrogens is 3. The predicted molar refractivity (Wildman–Crippen MR) is 137 cm³/mol. The number of fused-ring (bicyclic) bond motifs is 2. The van der Waals surface area contributed by atoms with Gasteiger partial charge in [-0.25, -0.2) is 27.9 Å². The van der Waals surface area contributed by atoms with Crippen LogP contribution in [0.1, 0.15) is 5.56 Å². The molecule has 0 spiro atoms. The van der Waals surface area contributed by atoms with Gasteiger partial charge in [0.2, 0.25) is 10.0 Å². The molecule has 11 heteroatoms. The van der Waals surface area contributed by atoms with E-state index in [1.165, 1.54) is 30.3 Å². The minimum atomic E-state index is -3.89. The molecule has 5 N–H and O–H groups in total. The van der Waals surface area contributed by atoms with E-state index in [-0.39, 0.29) is 22.0 Å². The van der Waals surface area contributed by atoms with Crippen LogP contribution in [-0.2, 0) is 16.4 Å². The van der Waals surface area contributed by atoms with E-state index in [4.69, 9.17) is 10.9 Å². The van der Waals surface area contributed by atoms with Crippen LogP contribution in [-0.4, -0.2) is 29.5 Å². The summed E-state index contributed by atoms with van der Waals surface area (Å²) < 4.78 is 39.1. The molecule has 182 valence electrons. The van der Waals surface area contributed by atoms with Crippen LogP contribution in [0.3, 0.4) is 0 Å². The number of hydrogen-bond acceptors (Lipinski definition) is 7. The molecule has 0 aliphatic heterocycles. The summed E-state index contributed by atoms with van der Waals surface area (Å²) in [7, 11) is -3.89. The summed E-state index contributed by atoms with van der Waals surface area (Å²) in [4.78, 5) is 21.9. The van der Waals surface area contributed by atoms with Crippen molar-refractivity contribution in [2.75, 3.05) is 17.6 Å². The highest BCUT2D eigenvalue weighted by atomic mass is 32.2. The van der Waals surface area contributed by atoms with Gasteiger partial charge in [-0.05, 0) is 54.4 Å². The van der Waals surface area contributed by atoms with Crippen molar-refractivity contribution >= 4 is 43.6 Å². The Bertz CT molecular complexity index is 1790. The minimum absolute atomic E-state index is 0.0616. The van der Waals surface area contributed by atoms with Gasteiger partial charge in [-0.2, -0.15) is 0 Å². The van der Waals surface area contributed by atoms with Crippen LogP contribution in [0.5, 0.6) is 0 Å². The fourth-order valence-electron chi connectivity index (χ4n) is 4.05. The van der Waals surface area contributed by atoms with Gasteiger partial charge in [0, 0.05) is 12.2 Å². The van der Waals surface area contributed by atoms with Gasteiger partial charge in [0.25, 0.3) is 5.56 Å². The number of para-hydroxylation sites is 1. The summed E-state index contributed by atoms with van der Waals surface area (Å²) in [5.41, 5.74) is 8.36. The minimum Gasteiger partial charge on any atom is -0.383 e. The number of primary sulfonamides is 1. The van der Waals surface area contributed by atoms with Crippen LogP contribution in [0.4, 0.5) is 15.9 Å². The van der Waals surface area contributed by atoms with Gasteiger partial charge in [0.15, 0.2) is 5.65 Å². The Morgan fingerprint density at radius 3 is 2.36 bits per heavy atom. The normalized spacial score (nSPS) is 11.7. The Kier molecular flexibility index (Phi) is 5.86. The maximum Gasteiger partial charge on any atom is 0.279 e. The van der Waals surface area contributed by atoms with Crippen LogP contribution < -0.4 is 21.7 Å². The Morgan fingerprint density at radius 1 is 0.944 bits per heavy atom. The zero-order chi connectivity index (χ0) is 25.4. The SMILES string of the molecule is Nc1c(NCCc2ccccc2F)c2nc(=O)c3ccccc3nc2n1-c1ccc(S(N)(=O)=O)cc1. The number of benzene rings is 3. The van der Waals surface area contributed by atoms with Gasteiger partial charge in [-0.15, -0.1) is 0 Å². The summed E-state index contributed by atoms with van der Waals surface area (Å²) in [5, 5.41) is 8.74. The van der Waals surface area contributed by atoms with E-state index in [1.807, 2.05) is 0 Å². The van der Waals surface area contributed by atoms with Crippen molar-refractivity contribution in [3.8, 4) is 5.69 Å². The summed E-state index contributed by atoms with van der Waals surface area (Å²) >= 11 is 0. The molecule has 0 unspecified atom stereocenters. The fraction of sp³-hybridized carbons (Fsp3) is 0.0800. The quantitative estimate of drug-likeness (QED) is 0.322. The zero-order valence-corrected chi connectivity index (χ0v) is 19.7. The molecule has 2 aromatic heterocycles. The van der Waals surface area contributed by atoms with Crippen molar-refractivity contribution in [3.63, 3.8) is 0 Å². The highest BCUT2D eigenvalue weighted by molar-refractivity contribution is 7.89. The Labute approximate surface area is 205 Å². The third-order valence-electron chi connectivity index (χ3n) is 5.81. The van der Waals surface area contributed by atoms with Gasteiger partial charge >= 0.3 is 0 Å². The first kappa shape index (κ1) is 23.4. The van der Waals surface area contributed by atoms with Crippen molar-refractivity contribution in [2.45, 2.75) is 11.3 Å². The molecule has 2 heterocycles. The molecule has 36 heavy (non-hydrogen) atoms.